The van der Waals surface area contributed by atoms with Gasteiger partial charge in [0, 0.05) is 89.7 Å². The summed E-state index contributed by atoms with van der Waals surface area (Å²) < 4.78 is 34.2. The van der Waals surface area contributed by atoms with Crippen molar-refractivity contribution < 1.29 is 67.1 Å². The third-order valence-corrected chi connectivity index (χ3v) is 13.1. The van der Waals surface area contributed by atoms with Crippen molar-refractivity contribution in [3.63, 3.8) is 0 Å². The van der Waals surface area contributed by atoms with Gasteiger partial charge in [-0.1, -0.05) is 6.07 Å². The SMILES string of the molecule is CC(C)(C)OC(=O)CN1CCN(CC(=O)OC(C)(C)C)Cc2cccc(n2)CN(C(CCC(=O)NCCCOCCOCCOCCCNC(=O)CCC(NC(=O)c2ccc(NCc3cnc4nc(N)[nH]c(=O)c4n3)cc2)C(=O)O)C(=O)OC(C)(C)C)CC1. The summed E-state index contributed by atoms with van der Waals surface area (Å²) in [5, 5.41) is 21.0. The lowest BCUT2D eigenvalue weighted by Gasteiger charge is -2.35. The molecule has 89 heavy (non-hydrogen) atoms. The minimum absolute atomic E-state index is 0.0186. The molecule has 490 valence electrons. The van der Waals surface area contributed by atoms with Crippen molar-refractivity contribution in [3.8, 4) is 0 Å². The van der Waals surface area contributed by atoms with E-state index in [1.165, 1.54) is 18.3 Å². The first-order valence-corrected chi connectivity index (χ1v) is 30.0. The van der Waals surface area contributed by atoms with Gasteiger partial charge in [-0.3, -0.25) is 58.2 Å². The highest BCUT2D eigenvalue weighted by atomic mass is 16.6. The molecule has 4 heterocycles. The molecule has 0 spiro atoms. The normalized spacial score (nSPS) is 14.5. The zero-order valence-electron chi connectivity index (χ0n) is 52.9. The van der Waals surface area contributed by atoms with E-state index in [4.69, 9.17) is 39.1 Å². The van der Waals surface area contributed by atoms with Crippen molar-refractivity contribution in [3.05, 3.63) is 81.7 Å². The Morgan fingerprint density at radius 1 is 0.663 bits per heavy atom. The molecule has 1 aliphatic rings. The summed E-state index contributed by atoms with van der Waals surface area (Å²) in [7, 11) is 0. The number of H-pyrrole nitrogens is 1. The van der Waals surface area contributed by atoms with Crippen LogP contribution >= 0.6 is 0 Å². The number of aromatic amines is 1. The second-order valence-corrected chi connectivity index (χ2v) is 24.4. The van der Waals surface area contributed by atoms with E-state index < -0.39 is 58.3 Å². The molecule has 0 aliphatic carbocycles. The van der Waals surface area contributed by atoms with Crippen LogP contribution in [0.2, 0.25) is 0 Å². The van der Waals surface area contributed by atoms with Crippen LogP contribution in [0, 0.1) is 0 Å². The van der Waals surface area contributed by atoms with Crippen LogP contribution in [0.5, 0.6) is 0 Å². The highest BCUT2D eigenvalue weighted by Crippen LogP contribution is 2.20. The fourth-order valence-electron chi connectivity index (χ4n) is 9.01. The van der Waals surface area contributed by atoms with E-state index in [0.717, 1.165) is 0 Å². The molecule has 2 unspecified atom stereocenters. The third kappa shape index (κ3) is 28.5. The van der Waals surface area contributed by atoms with E-state index >= 15 is 0 Å². The van der Waals surface area contributed by atoms with E-state index in [1.807, 2.05) is 53.7 Å². The second-order valence-electron chi connectivity index (χ2n) is 24.4. The van der Waals surface area contributed by atoms with Gasteiger partial charge >= 0.3 is 23.9 Å². The number of ether oxygens (including phenoxy) is 6. The summed E-state index contributed by atoms with van der Waals surface area (Å²) in [6.45, 7) is 21.1. The van der Waals surface area contributed by atoms with Crippen molar-refractivity contribution in [2.45, 2.75) is 149 Å². The number of benzene rings is 1. The van der Waals surface area contributed by atoms with E-state index in [0.29, 0.717) is 121 Å². The number of carboxylic acid groups (broad SMARTS) is 1. The number of nitrogens with zero attached hydrogens (tertiary/aromatic N) is 7. The zero-order valence-corrected chi connectivity index (χ0v) is 52.9. The van der Waals surface area contributed by atoms with E-state index in [2.05, 4.69) is 41.2 Å². The second kappa shape index (κ2) is 35.4. The summed E-state index contributed by atoms with van der Waals surface area (Å²) in [5.41, 5.74) is 5.71. The number of amides is 3. The van der Waals surface area contributed by atoms with Crippen LogP contribution in [-0.4, -0.2) is 207 Å². The summed E-state index contributed by atoms with van der Waals surface area (Å²) in [5.74, 6) is -3.85. The maximum Gasteiger partial charge on any atom is 0.326 e. The number of esters is 3. The van der Waals surface area contributed by atoms with E-state index in [-0.39, 0.29) is 92.3 Å². The largest absolute Gasteiger partial charge is 0.480 e. The van der Waals surface area contributed by atoms with Gasteiger partial charge in [-0.15, -0.1) is 0 Å². The standard InChI is InChI=1S/C61H91N13O15/c1-59(2,3)87-50(77)39-72-25-26-73(40-51(78)88-60(4,5)6)37-43-13-10-14-44(67-43)38-74(28-27-72)47(57(83)89-61(7,8)9)20-22-49(76)64-24-12-30-85-32-34-86-33-31-84-29-11-23-63-48(75)21-19-46(56(81)82)69-54(79)41-15-17-42(18-16-41)65-35-45-36-66-53-52(68-45)55(80)71-58(62)70-53/h10,13-18,36,46-47,65H,11-12,19-35,37-40H2,1-9H3,(H,63,75)(H,64,76)(H,69,79)(H,81,82)(H3,62,66,70,71,80). The smallest absolute Gasteiger partial charge is 0.326 e. The number of carbonyl (C=O) groups is 7. The number of nitrogen functional groups attached to an aromatic ring is 1. The monoisotopic (exact) mass is 1250 g/mol. The minimum Gasteiger partial charge on any atom is -0.480 e. The number of rotatable bonds is 32. The lowest BCUT2D eigenvalue weighted by atomic mass is 10.1. The van der Waals surface area contributed by atoms with Crippen molar-refractivity contribution in [2.24, 2.45) is 0 Å². The Morgan fingerprint density at radius 2 is 1.20 bits per heavy atom. The lowest BCUT2D eigenvalue weighted by molar-refractivity contribution is -0.163. The summed E-state index contributed by atoms with van der Waals surface area (Å²) >= 11 is 0. The van der Waals surface area contributed by atoms with Crippen molar-refractivity contribution in [2.75, 3.05) is 103 Å². The first kappa shape index (κ1) is 72.0. The van der Waals surface area contributed by atoms with Crippen molar-refractivity contribution in [1.29, 1.82) is 0 Å². The van der Waals surface area contributed by atoms with Gasteiger partial charge in [0.1, 0.15) is 28.9 Å². The van der Waals surface area contributed by atoms with E-state index in [9.17, 15) is 43.5 Å². The number of nitrogens with one attached hydrogen (secondary N) is 5. The molecule has 1 aliphatic heterocycles. The summed E-state index contributed by atoms with van der Waals surface area (Å²) in [6, 6.07) is 9.78. The molecule has 3 aromatic heterocycles. The summed E-state index contributed by atoms with van der Waals surface area (Å²) in [6.07, 6.45) is 2.44. The molecule has 4 aromatic rings. The Bertz CT molecular complexity index is 3020. The minimum atomic E-state index is -1.30. The molecular formula is C61H91N13O15. The van der Waals surface area contributed by atoms with Gasteiger partial charge in [-0.25, -0.2) is 14.8 Å². The molecule has 0 saturated carbocycles. The van der Waals surface area contributed by atoms with Gasteiger partial charge < -0.3 is 60.5 Å². The average molecular weight is 1250 g/mol. The molecule has 2 atom stereocenters. The zero-order chi connectivity index (χ0) is 65.2. The molecule has 0 fully saturated rings. The Kier molecular flexibility index (Phi) is 28.7. The van der Waals surface area contributed by atoms with Gasteiger partial charge in [-0.2, -0.15) is 4.98 Å². The van der Waals surface area contributed by atoms with E-state index in [1.54, 1.807) is 53.7 Å². The quantitative estimate of drug-likeness (QED) is 0.0210. The number of aliphatic carboxylic acids is 1. The maximum absolute atomic E-state index is 14.1. The molecule has 28 nitrogen and oxygen atoms in total. The number of anilines is 2. The Morgan fingerprint density at radius 3 is 1.79 bits per heavy atom. The predicted octanol–water partition coefficient (Wildman–Crippen LogP) is 3.12. The van der Waals surface area contributed by atoms with Gasteiger partial charge in [-0.05, 0) is 124 Å². The van der Waals surface area contributed by atoms with Gasteiger partial charge in [0.05, 0.1) is 69.3 Å². The molecule has 28 heteroatoms. The number of aromatic nitrogens is 5. The molecular weight excluding hydrogens is 1150 g/mol. The van der Waals surface area contributed by atoms with Crippen molar-refractivity contribution in [1.82, 2.24) is 55.6 Å². The van der Waals surface area contributed by atoms with Crippen LogP contribution in [0.25, 0.3) is 11.2 Å². The fraction of sp³-hybridized carbons (Fsp3) is 0.607. The first-order valence-electron chi connectivity index (χ1n) is 30.0. The highest BCUT2D eigenvalue weighted by molar-refractivity contribution is 5.97. The molecule has 0 saturated heterocycles. The number of nitrogens with two attached hydrogens (primary N) is 1. The van der Waals surface area contributed by atoms with Crippen LogP contribution < -0.4 is 32.6 Å². The number of hydrogen-bond donors (Lipinski definition) is 7. The highest BCUT2D eigenvalue weighted by Gasteiger charge is 2.33. The predicted molar refractivity (Wildman–Crippen MR) is 329 cm³/mol. The topological polar surface area (TPSA) is 363 Å². The first-order chi connectivity index (χ1) is 42.1. The number of pyridine rings is 1. The number of fused-ring (bicyclic) bond motifs is 3. The van der Waals surface area contributed by atoms with Crippen molar-refractivity contribution >= 4 is 64.4 Å². The number of carbonyl (C=O) groups excluding carboxylic acids is 6. The van der Waals surface area contributed by atoms with Gasteiger partial charge in [0.2, 0.25) is 17.8 Å². The molecule has 1 aromatic carbocycles. The molecule has 0 radical (unpaired) electrons. The number of hydrogen-bond acceptors (Lipinski definition) is 23. The van der Waals surface area contributed by atoms with Crippen LogP contribution in [0.15, 0.2) is 53.5 Å². The maximum atomic E-state index is 14.1. The molecule has 8 N–H and O–H groups in total. The van der Waals surface area contributed by atoms with Gasteiger partial charge in [0.25, 0.3) is 11.5 Å². The lowest BCUT2D eigenvalue weighted by Crippen LogP contribution is -2.49. The molecule has 5 rings (SSSR count). The Hall–Kier alpha value is -7.76. The Labute approximate surface area is 519 Å². The van der Waals surface area contributed by atoms with Crippen LogP contribution in [-0.2, 0) is 76.8 Å². The fourth-order valence-corrected chi connectivity index (χ4v) is 9.01. The molecule has 2 bridgehead atoms. The Balaban J connectivity index is 0.952. The van der Waals surface area contributed by atoms with Crippen LogP contribution in [0.1, 0.15) is 128 Å². The number of carboxylic acids is 1. The average Bonchev–Trinajstić information content (AvgIpc) is 3.62. The van der Waals surface area contributed by atoms with Crippen LogP contribution in [0.3, 0.4) is 0 Å². The summed E-state index contributed by atoms with van der Waals surface area (Å²) in [4.78, 5) is 129. The van der Waals surface area contributed by atoms with Gasteiger partial charge in [0.15, 0.2) is 11.2 Å². The molecule has 3 amide bonds. The third-order valence-electron chi connectivity index (χ3n) is 13.1. The van der Waals surface area contributed by atoms with Crippen LogP contribution in [0.4, 0.5) is 11.6 Å².